The molecule has 0 bridgehead atoms. The molecule has 7 rings (SSSR count). The number of pyridine rings is 1. The number of carbonyl (C=O) groups excluding carboxylic acids is 1. The molecule has 10 heteroatoms. The second-order valence-electron chi connectivity index (χ2n) is 13.8. The number of aromatic nitrogens is 3. The smallest absolute Gasteiger partial charge is 0.254 e. The van der Waals surface area contributed by atoms with E-state index in [-0.39, 0.29) is 11.3 Å². The summed E-state index contributed by atoms with van der Waals surface area (Å²) in [4.78, 5) is 34.0. The topological polar surface area (TPSA) is 96.1 Å². The molecule has 2 aliphatic heterocycles. The third-order valence-corrected chi connectivity index (χ3v) is 10.8. The van der Waals surface area contributed by atoms with Crippen molar-refractivity contribution in [3.05, 3.63) is 108 Å². The van der Waals surface area contributed by atoms with E-state index in [0.717, 1.165) is 75.3 Å². The number of piperidine rings is 2. The summed E-state index contributed by atoms with van der Waals surface area (Å²) < 4.78 is 16.7. The summed E-state index contributed by atoms with van der Waals surface area (Å²) in [6, 6.07) is 27.1. The van der Waals surface area contributed by atoms with Crippen LogP contribution in [0.25, 0.3) is 11.0 Å². The average Bonchev–Trinajstić information content (AvgIpc) is 3.63. The summed E-state index contributed by atoms with van der Waals surface area (Å²) in [5.74, 6) is 2.35. The van der Waals surface area contributed by atoms with Crippen LogP contribution in [0.2, 0.25) is 0 Å². The highest BCUT2D eigenvalue weighted by Gasteiger charge is 2.40. The molecule has 51 heavy (non-hydrogen) atoms. The molecule has 2 saturated heterocycles. The lowest BCUT2D eigenvalue weighted by Gasteiger charge is -2.45. The van der Waals surface area contributed by atoms with Crippen LogP contribution in [0.15, 0.2) is 91.3 Å². The van der Waals surface area contributed by atoms with Gasteiger partial charge in [0.05, 0.1) is 32.4 Å². The van der Waals surface area contributed by atoms with Gasteiger partial charge < -0.3 is 33.9 Å². The number of imidazole rings is 1. The van der Waals surface area contributed by atoms with E-state index in [0.29, 0.717) is 41.9 Å². The number of aromatic amines is 1. The molecule has 10 nitrogen and oxygen atoms in total. The number of fused-ring (bicyclic) bond motifs is 1. The quantitative estimate of drug-likeness (QED) is 0.154. The Morgan fingerprint density at radius 2 is 1.61 bits per heavy atom. The number of anilines is 1. The molecule has 1 amide bonds. The van der Waals surface area contributed by atoms with Crippen LogP contribution in [0.3, 0.4) is 0 Å². The number of para-hydroxylation sites is 2. The lowest BCUT2D eigenvalue weighted by atomic mass is 9.71. The van der Waals surface area contributed by atoms with Gasteiger partial charge >= 0.3 is 0 Å². The lowest BCUT2D eigenvalue weighted by molar-refractivity contribution is 0.0606. The molecule has 1 atom stereocenters. The summed E-state index contributed by atoms with van der Waals surface area (Å²) in [5, 5.41) is 0. The second kappa shape index (κ2) is 15.4. The van der Waals surface area contributed by atoms with E-state index in [2.05, 4.69) is 74.4 Å². The van der Waals surface area contributed by atoms with Crippen LogP contribution < -0.4 is 19.1 Å². The molecular weight excluding hydrogens is 640 g/mol. The fourth-order valence-corrected chi connectivity index (χ4v) is 8.03. The van der Waals surface area contributed by atoms with Gasteiger partial charge in [-0.2, -0.15) is 0 Å². The molecule has 0 aliphatic carbocycles. The maximum absolute atomic E-state index is 14.1. The molecule has 2 aliphatic rings. The van der Waals surface area contributed by atoms with E-state index in [9.17, 15) is 4.79 Å². The van der Waals surface area contributed by atoms with Gasteiger partial charge in [0.1, 0.15) is 0 Å². The highest BCUT2D eigenvalue weighted by atomic mass is 16.5. The first kappa shape index (κ1) is 34.4. The Labute approximate surface area is 300 Å². The number of nitrogens with zero attached hydrogens (tertiary/aromatic N) is 5. The summed E-state index contributed by atoms with van der Waals surface area (Å²) in [6.45, 7) is 5.15. The monoisotopic (exact) mass is 688 g/mol. The highest BCUT2D eigenvalue weighted by molar-refractivity contribution is 5.96. The fourth-order valence-electron chi connectivity index (χ4n) is 8.03. The largest absolute Gasteiger partial charge is 0.493 e. The SMILES string of the molecule is COc1cc(C(=O)N2CCCC(CCN3CCC(N(Cc4ccncc4)c4nc5ccccc5[nH]4)CC3)(c3ccccc3)C2)cc(OC)c1OC. The minimum atomic E-state index is -0.145. The number of benzene rings is 3. The summed E-state index contributed by atoms with van der Waals surface area (Å²) in [6.07, 6.45) is 8.78. The van der Waals surface area contributed by atoms with Gasteiger partial charge in [0, 0.05) is 62.1 Å². The lowest BCUT2D eigenvalue weighted by Crippen LogP contribution is -2.51. The fraction of sp³-hybridized carbons (Fsp3) is 0.390. The van der Waals surface area contributed by atoms with Crippen molar-refractivity contribution in [3.8, 4) is 17.2 Å². The molecule has 5 aromatic rings. The standard InChI is InChI=1S/C41H48N6O4/c1-49-36-26-31(27-37(50-2)38(36)51-3)39(48)46-22-9-18-41(29-46,32-10-5-4-6-11-32)19-25-45-23-16-33(17-24-45)47(28-30-14-20-42-21-15-30)40-43-34-12-7-8-13-35(34)44-40/h4-8,10-15,20-21,26-27,33H,9,16-19,22-25,28-29H2,1-3H3,(H,43,44). The number of methoxy groups -OCH3 is 3. The van der Waals surface area contributed by atoms with Gasteiger partial charge in [-0.15, -0.1) is 0 Å². The maximum atomic E-state index is 14.1. The number of amides is 1. The van der Waals surface area contributed by atoms with Gasteiger partial charge in [0.2, 0.25) is 11.7 Å². The second-order valence-corrected chi connectivity index (χ2v) is 13.8. The van der Waals surface area contributed by atoms with Crippen molar-refractivity contribution >= 4 is 22.9 Å². The van der Waals surface area contributed by atoms with E-state index >= 15 is 0 Å². The number of likely N-dealkylation sites (tertiary alicyclic amines) is 2. The Balaban J connectivity index is 1.06. The Bertz CT molecular complexity index is 1850. The third-order valence-electron chi connectivity index (χ3n) is 10.8. The molecular formula is C41H48N6O4. The van der Waals surface area contributed by atoms with E-state index < -0.39 is 0 Å². The van der Waals surface area contributed by atoms with Crippen LogP contribution >= 0.6 is 0 Å². The van der Waals surface area contributed by atoms with E-state index in [4.69, 9.17) is 19.2 Å². The molecule has 266 valence electrons. The number of H-pyrrole nitrogens is 1. The average molecular weight is 689 g/mol. The van der Waals surface area contributed by atoms with Crippen molar-refractivity contribution in [1.82, 2.24) is 24.8 Å². The predicted molar refractivity (Wildman–Crippen MR) is 200 cm³/mol. The first-order valence-electron chi connectivity index (χ1n) is 18.0. The highest BCUT2D eigenvalue weighted by Crippen LogP contribution is 2.41. The maximum Gasteiger partial charge on any atom is 0.254 e. The summed E-state index contributed by atoms with van der Waals surface area (Å²) >= 11 is 0. The van der Waals surface area contributed by atoms with E-state index in [1.54, 1.807) is 33.5 Å². The number of hydrogen-bond donors (Lipinski definition) is 1. The molecule has 4 heterocycles. The number of rotatable bonds is 12. The first-order chi connectivity index (χ1) is 25.0. The van der Waals surface area contributed by atoms with Crippen molar-refractivity contribution < 1.29 is 19.0 Å². The Hall–Kier alpha value is -5.09. The zero-order chi connectivity index (χ0) is 35.2. The molecule has 2 fully saturated rings. The van der Waals surface area contributed by atoms with E-state index in [1.807, 2.05) is 29.4 Å². The van der Waals surface area contributed by atoms with Gasteiger partial charge in [-0.3, -0.25) is 9.78 Å². The van der Waals surface area contributed by atoms with Crippen LogP contribution in [0.1, 0.15) is 53.6 Å². The van der Waals surface area contributed by atoms with E-state index in [1.165, 1.54) is 11.1 Å². The Morgan fingerprint density at radius 3 is 2.29 bits per heavy atom. The van der Waals surface area contributed by atoms with Crippen LogP contribution in [0, 0.1) is 0 Å². The summed E-state index contributed by atoms with van der Waals surface area (Å²) in [7, 11) is 4.72. The van der Waals surface area contributed by atoms with Crippen molar-refractivity contribution in [1.29, 1.82) is 0 Å². The number of ether oxygens (including phenoxy) is 3. The molecule has 0 spiro atoms. The van der Waals surface area contributed by atoms with Crippen LogP contribution in [0.4, 0.5) is 5.95 Å². The van der Waals surface area contributed by atoms with Crippen molar-refractivity contribution in [2.24, 2.45) is 0 Å². The molecule has 0 saturated carbocycles. The van der Waals surface area contributed by atoms with Crippen molar-refractivity contribution in [2.45, 2.75) is 50.1 Å². The predicted octanol–water partition coefficient (Wildman–Crippen LogP) is 6.72. The Kier molecular flexibility index (Phi) is 10.4. The normalized spacial score (nSPS) is 18.5. The zero-order valence-electron chi connectivity index (χ0n) is 29.9. The van der Waals surface area contributed by atoms with Crippen LogP contribution in [0.5, 0.6) is 17.2 Å². The van der Waals surface area contributed by atoms with Gasteiger partial charge in [0.25, 0.3) is 5.91 Å². The van der Waals surface area contributed by atoms with Gasteiger partial charge in [-0.05, 0) is 86.2 Å². The zero-order valence-corrected chi connectivity index (χ0v) is 29.9. The molecule has 1 N–H and O–H groups in total. The van der Waals surface area contributed by atoms with Crippen molar-refractivity contribution in [3.63, 3.8) is 0 Å². The minimum absolute atomic E-state index is 0.0186. The molecule has 2 aromatic heterocycles. The van der Waals surface area contributed by atoms with Gasteiger partial charge in [-0.25, -0.2) is 4.98 Å². The molecule has 3 aromatic carbocycles. The molecule has 0 radical (unpaired) electrons. The third kappa shape index (κ3) is 7.37. The number of carbonyl (C=O) groups is 1. The van der Waals surface area contributed by atoms with Crippen molar-refractivity contribution in [2.75, 3.05) is 59.0 Å². The summed E-state index contributed by atoms with van der Waals surface area (Å²) in [5.41, 5.74) is 4.96. The number of hydrogen-bond acceptors (Lipinski definition) is 8. The number of nitrogens with one attached hydrogen (secondary N) is 1. The molecule has 1 unspecified atom stereocenters. The van der Waals surface area contributed by atoms with Crippen LogP contribution in [-0.4, -0.2) is 90.8 Å². The van der Waals surface area contributed by atoms with Gasteiger partial charge in [0.15, 0.2) is 11.5 Å². The first-order valence-corrected chi connectivity index (χ1v) is 18.0. The Morgan fingerprint density at radius 1 is 0.902 bits per heavy atom. The minimum Gasteiger partial charge on any atom is -0.493 e. The van der Waals surface area contributed by atoms with Gasteiger partial charge in [-0.1, -0.05) is 42.5 Å². The van der Waals surface area contributed by atoms with Crippen LogP contribution in [-0.2, 0) is 12.0 Å².